The van der Waals surface area contributed by atoms with Crippen LogP contribution in [0.3, 0.4) is 0 Å². The summed E-state index contributed by atoms with van der Waals surface area (Å²) < 4.78 is 10.2. The van der Waals surface area contributed by atoms with Gasteiger partial charge in [-0.3, -0.25) is 4.79 Å². The Hall–Kier alpha value is -2.20. The maximum Gasteiger partial charge on any atom is 0.224 e. The molecule has 0 radical (unpaired) electrons. The number of halogens is 1. The van der Waals surface area contributed by atoms with Crippen LogP contribution in [0.5, 0.6) is 11.5 Å². The maximum absolute atomic E-state index is 12.0. The lowest BCUT2D eigenvalue weighted by molar-refractivity contribution is -0.116. The highest BCUT2D eigenvalue weighted by Crippen LogP contribution is 2.27. The molecule has 0 atom stereocenters. The molecule has 0 unspecified atom stereocenters. The standard InChI is InChI=1S/C17H18ClNO3/c1-21-14-5-3-4-12(10-14)6-9-17(20)19-13-7-8-16(22-2)15(18)11-13/h3-5,7-8,10-11H,6,9H2,1-2H3,(H,19,20). The Labute approximate surface area is 135 Å². The molecule has 0 bridgehead atoms. The summed E-state index contributed by atoms with van der Waals surface area (Å²) in [4.78, 5) is 12.0. The molecule has 4 nitrogen and oxygen atoms in total. The lowest BCUT2D eigenvalue weighted by Crippen LogP contribution is -2.12. The fraction of sp³-hybridized carbons (Fsp3) is 0.235. The van der Waals surface area contributed by atoms with Crippen LogP contribution in [0.1, 0.15) is 12.0 Å². The van der Waals surface area contributed by atoms with Crippen molar-refractivity contribution in [2.45, 2.75) is 12.8 Å². The fourth-order valence-electron chi connectivity index (χ4n) is 2.05. The predicted octanol–water partition coefficient (Wildman–Crippen LogP) is 3.93. The largest absolute Gasteiger partial charge is 0.497 e. The molecule has 5 heteroatoms. The van der Waals surface area contributed by atoms with E-state index in [2.05, 4.69) is 5.32 Å². The molecule has 1 amide bonds. The van der Waals surface area contributed by atoms with E-state index in [1.807, 2.05) is 24.3 Å². The van der Waals surface area contributed by atoms with Crippen LogP contribution >= 0.6 is 11.6 Å². The van der Waals surface area contributed by atoms with Crippen LogP contribution in [0.15, 0.2) is 42.5 Å². The molecule has 0 saturated carbocycles. The van der Waals surface area contributed by atoms with Crippen LogP contribution in [0.4, 0.5) is 5.69 Å². The van der Waals surface area contributed by atoms with E-state index in [9.17, 15) is 4.79 Å². The number of anilines is 1. The van der Waals surface area contributed by atoms with Crippen molar-refractivity contribution in [2.75, 3.05) is 19.5 Å². The third-order valence-corrected chi connectivity index (χ3v) is 3.51. The van der Waals surface area contributed by atoms with Gasteiger partial charge in [0.1, 0.15) is 11.5 Å². The van der Waals surface area contributed by atoms with Crippen LogP contribution in [0, 0.1) is 0 Å². The number of nitrogens with one attached hydrogen (secondary N) is 1. The second kappa shape index (κ2) is 7.71. The van der Waals surface area contributed by atoms with E-state index in [-0.39, 0.29) is 5.91 Å². The molecular weight excluding hydrogens is 302 g/mol. The molecule has 116 valence electrons. The summed E-state index contributed by atoms with van der Waals surface area (Å²) in [6.07, 6.45) is 1.03. The van der Waals surface area contributed by atoms with Gasteiger partial charge in [-0.15, -0.1) is 0 Å². The summed E-state index contributed by atoms with van der Waals surface area (Å²) in [6, 6.07) is 12.8. The summed E-state index contributed by atoms with van der Waals surface area (Å²) in [5, 5.41) is 3.29. The number of amides is 1. The predicted molar refractivity (Wildman–Crippen MR) is 87.9 cm³/mol. The number of methoxy groups -OCH3 is 2. The number of ether oxygens (including phenoxy) is 2. The third-order valence-electron chi connectivity index (χ3n) is 3.21. The van der Waals surface area contributed by atoms with Crippen LogP contribution < -0.4 is 14.8 Å². The molecule has 1 N–H and O–H groups in total. The van der Waals surface area contributed by atoms with Gasteiger partial charge in [-0.25, -0.2) is 0 Å². The molecule has 0 spiro atoms. The van der Waals surface area contributed by atoms with Gasteiger partial charge in [0.05, 0.1) is 19.2 Å². The highest BCUT2D eigenvalue weighted by molar-refractivity contribution is 6.32. The quantitative estimate of drug-likeness (QED) is 0.877. The Morgan fingerprint density at radius 2 is 1.95 bits per heavy atom. The second-order valence-corrected chi connectivity index (χ2v) is 5.16. The number of carbonyl (C=O) groups is 1. The Morgan fingerprint density at radius 3 is 2.64 bits per heavy atom. The van der Waals surface area contributed by atoms with Crippen LogP contribution in [-0.2, 0) is 11.2 Å². The van der Waals surface area contributed by atoms with E-state index < -0.39 is 0 Å². The number of rotatable bonds is 6. The van der Waals surface area contributed by atoms with Gasteiger partial charge in [-0.2, -0.15) is 0 Å². The highest BCUT2D eigenvalue weighted by Gasteiger charge is 2.06. The molecule has 2 aromatic rings. The monoisotopic (exact) mass is 319 g/mol. The van der Waals surface area contributed by atoms with Gasteiger partial charge >= 0.3 is 0 Å². The molecule has 0 heterocycles. The number of hydrogen-bond acceptors (Lipinski definition) is 3. The van der Waals surface area contributed by atoms with E-state index in [1.54, 1.807) is 32.4 Å². The first-order chi connectivity index (χ1) is 10.6. The molecule has 0 aliphatic rings. The first-order valence-electron chi connectivity index (χ1n) is 6.88. The van der Waals surface area contributed by atoms with Gasteiger partial charge in [-0.1, -0.05) is 23.7 Å². The van der Waals surface area contributed by atoms with Crippen molar-refractivity contribution in [1.29, 1.82) is 0 Å². The average molecular weight is 320 g/mol. The zero-order valence-corrected chi connectivity index (χ0v) is 13.3. The Morgan fingerprint density at radius 1 is 1.14 bits per heavy atom. The normalized spacial score (nSPS) is 10.1. The SMILES string of the molecule is COc1cccc(CCC(=O)Nc2ccc(OC)c(Cl)c2)c1. The van der Waals surface area contributed by atoms with Gasteiger partial charge in [-0.05, 0) is 42.3 Å². The summed E-state index contributed by atoms with van der Waals surface area (Å²) in [7, 11) is 3.17. The number of benzene rings is 2. The maximum atomic E-state index is 12.0. The molecule has 0 aliphatic carbocycles. The highest BCUT2D eigenvalue weighted by atomic mass is 35.5. The first-order valence-corrected chi connectivity index (χ1v) is 7.26. The van der Waals surface area contributed by atoms with Gasteiger partial charge in [0, 0.05) is 12.1 Å². The summed E-state index contributed by atoms with van der Waals surface area (Å²) in [5.74, 6) is 1.31. The first kappa shape index (κ1) is 16.2. The molecule has 2 rings (SSSR count). The van der Waals surface area contributed by atoms with Crippen molar-refractivity contribution in [2.24, 2.45) is 0 Å². The fourth-order valence-corrected chi connectivity index (χ4v) is 2.31. The Bertz CT molecular complexity index is 658. The zero-order chi connectivity index (χ0) is 15.9. The van der Waals surface area contributed by atoms with Crippen LogP contribution in [0.25, 0.3) is 0 Å². The van der Waals surface area contributed by atoms with E-state index in [4.69, 9.17) is 21.1 Å². The number of aryl methyl sites for hydroxylation is 1. The molecule has 22 heavy (non-hydrogen) atoms. The second-order valence-electron chi connectivity index (χ2n) is 4.75. The number of hydrogen-bond donors (Lipinski definition) is 1. The minimum Gasteiger partial charge on any atom is -0.497 e. The minimum atomic E-state index is -0.0657. The zero-order valence-electron chi connectivity index (χ0n) is 12.6. The third kappa shape index (κ3) is 4.40. The molecule has 0 aromatic heterocycles. The average Bonchev–Trinajstić information content (AvgIpc) is 2.53. The van der Waals surface area contributed by atoms with Gasteiger partial charge in [0.25, 0.3) is 0 Å². The van der Waals surface area contributed by atoms with Crippen molar-refractivity contribution in [3.63, 3.8) is 0 Å². The van der Waals surface area contributed by atoms with Crippen LogP contribution in [0.2, 0.25) is 5.02 Å². The van der Waals surface area contributed by atoms with Gasteiger partial charge in [0.15, 0.2) is 0 Å². The summed E-state index contributed by atoms with van der Waals surface area (Å²) >= 11 is 6.03. The van der Waals surface area contributed by atoms with Crippen molar-refractivity contribution in [1.82, 2.24) is 0 Å². The Kier molecular flexibility index (Phi) is 5.67. The van der Waals surface area contributed by atoms with Gasteiger partial charge < -0.3 is 14.8 Å². The number of carbonyl (C=O) groups excluding carboxylic acids is 1. The van der Waals surface area contributed by atoms with E-state index in [0.29, 0.717) is 29.3 Å². The van der Waals surface area contributed by atoms with E-state index in [1.165, 1.54) is 0 Å². The molecule has 0 fully saturated rings. The topological polar surface area (TPSA) is 47.6 Å². The van der Waals surface area contributed by atoms with Crippen molar-refractivity contribution in [3.05, 3.63) is 53.1 Å². The minimum absolute atomic E-state index is 0.0657. The van der Waals surface area contributed by atoms with E-state index in [0.717, 1.165) is 11.3 Å². The lowest BCUT2D eigenvalue weighted by Gasteiger charge is -2.08. The molecular formula is C17H18ClNO3. The lowest BCUT2D eigenvalue weighted by atomic mass is 10.1. The Balaban J connectivity index is 1.91. The summed E-state index contributed by atoms with van der Waals surface area (Å²) in [6.45, 7) is 0. The van der Waals surface area contributed by atoms with Crippen molar-refractivity contribution >= 4 is 23.2 Å². The summed E-state index contributed by atoms with van der Waals surface area (Å²) in [5.41, 5.74) is 1.71. The van der Waals surface area contributed by atoms with Crippen molar-refractivity contribution < 1.29 is 14.3 Å². The van der Waals surface area contributed by atoms with Crippen molar-refractivity contribution in [3.8, 4) is 11.5 Å². The molecule has 2 aromatic carbocycles. The van der Waals surface area contributed by atoms with E-state index >= 15 is 0 Å². The molecule has 0 saturated heterocycles. The molecule has 0 aliphatic heterocycles. The van der Waals surface area contributed by atoms with Crippen LogP contribution in [-0.4, -0.2) is 20.1 Å². The van der Waals surface area contributed by atoms with Gasteiger partial charge in [0.2, 0.25) is 5.91 Å². The smallest absolute Gasteiger partial charge is 0.224 e.